The topological polar surface area (TPSA) is 90.7 Å². The largest absolute Gasteiger partial charge is 0.497 e. The predicted octanol–water partition coefficient (Wildman–Crippen LogP) is 4.64. The number of rotatable bonds is 6. The van der Waals surface area contributed by atoms with E-state index in [0.29, 0.717) is 16.5 Å². The number of aromatic nitrogens is 1. The van der Waals surface area contributed by atoms with Crippen molar-refractivity contribution in [3.8, 4) is 22.8 Å². The van der Waals surface area contributed by atoms with E-state index >= 15 is 0 Å². The number of carbonyl (C=O) groups is 1. The molecule has 7 nitrogen and oxygen atoms in total. The van der Waals surface area contributed by atoms with Crippen molar-refractivity contribution in [1.29, 1.82) is 0 Å². The van der Waals surface area contributed by atoms with Gasteiger partial charge in [-0.15, -0.1) is 11.3 Å². The first kappa shape index (κ1) is 20.6. The summed E-state index contributed by atoms with van der Waals surface area (Å²) in [4.78, 5) is 28.6. The number of nitrogens with one attached hydrogen (secondary N) is 1. The van der Waals surface area contributed by atoms with Crippen LogP contribution in [0.1, 0.15) is 12.5 Å². The number of aryl methyl sites for hydroxylation is 1. The Hall–Kier alpha value is -3.65. The Morgan fingerprint density at radius 3 is 2.81 bits per heavy atom. The molecule has 2 heterocycles. The molecule has 4 rings (SSSR count). The van der Waals surface area contributed by atoms with Crippen LogP contribution in [0.2, 0.25) is 0 Å². The first-order chi connectivity index (χ1) is 14.9. The van der Waals surface area contributed by atoms with Gasteiger partial charge in [0.2, 0.25) is 0 Å². The Balaban J connectivity index is 1.45. The van der Waals surface area contributed by atoms with Crippen LogP contribution in [0.4, 0.5) is 5.13 Å². The van der Waals surface area contributed by atoms with Gasteiger partial charge in [-0.3, -0.25) is 10.1 Å². The van der Waals surface area contributed by atoms with Gasteiger partial charge >= 0.3 is 5.63 Å². The summed E-state index contributed by atoms with van der Waals surface area (Å²) in [7, 11) is 1.61. The van der Waals surface area contributed by atoms with Crippen LogP contribution in [0.5, 0.6) is 11.5 Å². The second-order valence-corrected chi connectivity index (χ2v) is 7.78. The zero-order valence-corrected chi connectivity index (χ0v) is 18.0. The zero-order chi connectivity index (χ0) is 22.0. The number of thiazole rings is 1. The third-order valence-corrected chi connectivity index (χ3v) is 5.46. The van der Waals surface area contributed by atoms with E-state index in [-0.39, 0.29) is 5.91 Å². The highest BCUT2D eigenvalue weighted by Gasteiger charge is 2.17. The van der Waals surface area contributed by atoms with E-state index in [0.717, 1.165) is 28.0 Å². The molecule has 0 fully saturated rings. The summed E-state index contributed by atoms with van der Waals surface area (Å²) in [5.74, 6) is 0.831. The molecule has 0 aliphatic carbocycles. The van der Waals surface area contributed by atoms with Crippen molar-refractivity contribution in [1.82, 2.24) is 4.98 Å². The van der Waals surface area contributed by atoms with E-state index in [1.807, 2.05) is 36.6 Å². The molecular weight excluding hydrogens is 416 g/mol. The molecule has 0 bridgehead atoms. The maximum absolute atomic E-state index is 12.6. The summed E-state index contributed by atoms with van der Waals surface area (Å²) in [5.41, 5.74) is 2.45. The molecule has 2 aromatic heterocycles. The lowest BCUT2D eigenvalue weighted by Crippen LogP contribution is -2.30. The van der Waals surface area contributed by atoms with Crippen LogP contribution < -0.4 is 20.4 Å². The quantitative estimate of drug-likeness (QED) is 0.443. The molecule has 0 radical (unpaired) electrons. The van der Waals surface area contributed by atoms with E-state index in [1.165, 1.54) is 17.4 Å². The molecule has 1 atom stereocenters. The lowest BCUT2D eigenvalue weighted by molar-refractivity contribution is -0.122. The molecule has 31 heavy (non-hydrogen) atoms. The molecule has 0 unspecified atom stereocenters. The van der Waals surface area contributed by atoms with Gasteiger partial charge in [0.1, 0.15) is 17.1 Å². The van der Waals surface area contributed by atoms with Crippen LogP contribution >= 0.6 is 11.3 Å². The maximum atomic E-state index is 12.6. The fraction of sp³-hybridized carbons (Fsp3) is 0.174. The van der Waals surface area contributed by atoms with Gasteiger partial charge in [0.15, 0.2) is 11.2 Å². The molecular formula is C23H20N2O5S. The van der Waals surface area contributed by atoms with E-state index in [4.69, 9.17) is 13.9 Å². The third-order valence-electron chi connectivity index (χ3n) is 4.70. The number of carbonyl (C=O) groups excluding carboxylic acids is 1. The van der Waals surface area contributed by atoms with E-state index in [9.17, 15) is 9.59 Å². The third kappa shape index (κ3) is 4.59. The Labute approximate surface area is 182 Å². The lowest BCUT2D eigenvalue weighted by atomic mass is 10.1. The highest BCUT2D eigenvalue weighted by Crippen LogP contribution is 2.28. The van der Waals surface area contributed by atoms with Crippen LogP contribution in [0.3, 0.4) is 0 Å². The van der Waals surface area contributed by atoms with Crippen LogP contribution in [0.25, 0.3) is 22.2 Å². The van der Waals surface area contributed by atoms with Crippen molar-refractivity contribution < 1.29 is 18.7 Å². The Morgan fingerprint density at radius 2 is 2.00 bits per heavy atom. The van der Waals surface area contributed by atoms with Crippen molar-refractivity contribution in [3.05, 3.63) is 69.9 Å². The van der Waals surface area contributed by atoms with Gasteiger partial charge < -0.3 is 13.9 Å². The van der Waals surface area contributed by atoms with Crippen molar-refractivity contribution in [3.63, 3.8) is 0 Å². The number of ether oxygens (including phenoxy) is 2. The number of hydrogen-bond acceptors (Lipinski definition) is 7. The molecule has 0 aliphatic heterocycles. The van der Waals surface area contributed by atoms with Crippen molar-refractivity contribution in [2.45, 2.75) is 20.0 Å². The summed E-state index contributed by atoms with van der Waals surface area (Å²) in [6.07, 6.45) is -0.779. The Morgan fingerprint density at radius 1 is 1.16 bits per heavy atom. The van der Waals surface area contributed by atoms with Crippen LogP contribution in [-0.4, -0.2) is 24.1 Å². The van der Waals surface area contributed by atoms with Gasteiger partial charge in [0, 0.05) is 28.5 Å². The number of hydrogen-bond donors (Lipinski definition) is 1. The highest BCUT2D eigenvalue weighted by atomic mass is 32.1. The van der Waals surface area contributed by atoms with Gasteiger partial charge in [0.25, 0.3) is 5.91 Å². The minimum Gasteiger partial charge on any atom is -0.497 e. The van der Waals surface area contributed by atoms with Crippen molar-refractivity contribution in [2.24, 2.45) is 0 Å². The van der Waals surface area contributed by atoms with E-state index in [2.05, 4.69) is 10.3 Å². The summed E-state index contributed by atoms with van der Waals surface area (Å²) < 4.78 is 16.2. The summed E-state index contributed by atoms with van der Waals surface area (Å²) in [6, 6.07) is 14.1. The second kappa shape index (κ2) is 8.61. The Kier molecular flexibility index (Phi) is 5.73. The van der Waals surface area contributed by atoms with Gasteiger partial charge in [0.05, 0.1) is 12.8 Å². The van der Waals surface area contributed by atoms with Crippen LogP contribution in [0.15, 0.2) is 63.1 Å². The number of benzene rings is 2. The molecule has 0 spiro atoms. The fourth-order valence-electron chi connectivity index (χ4n) is 3.09. The average Bonchev–Trinajstić information content (AvgIpc) is 3.22. The lowest BCUT2D eigenvalue weighted by Gasteiger charge is -2.14. The van der Waals surface area contributed by atoms with Crippen LogP contribution in [-0.2, 0) is 4.79 Å². The number of methoxy groups -OCH3 is 1. The molecule has 4 aromatic rings. The summed E-state index contributed by atoms with van der Waals surface area (Å²) in [5, 5.41) is 5.93. The SMILES string of the molecule is COc1cccc(-c2csc(NC(=O)[C@H](C)Oc3ccc4c(C)cc(=O)oc4c3)n2)c1. The van der Waals surface area contributed by atoms with Gasteiger partial charge in [-0.05, 0) is 43.7 Å². The van der Waals surface area contributed by atoms with Crippen LogP contribution in [0, 0.1) is 6.92 Å². The van der Waals surface area contributed by atoms with E-state index in [1.54, 1.807) is 32.2 Å². The molecule has 158 valence electrons. The number of amides is 1. The Bertz CT molecular complexity index is 1310. The first-order valence-electron chi connectivity index (χ1n) is 9.55. The maximum Gasteiger partial charge on any atom is 0.336 e. The first-order valence-corrected chi connectivity index (χ1v) is 10.4. The molecule has 1 N–H and O–H groups in total. The molecule has 8 heteroatoms. The van der Waals surface area contributed by atoms with Gasteiger partial charge in [-0.2, -0.15) is 0 Å². The monoisotopic (exact) mass is 436 g/mol. The molecule has 2 aromatic carbocycles. The van der Waals surface area contributed by atoms with Crippen molar-refractivity contribution >= 4 is 33.3 Å². The standard InChI is InChI=1S/C23H20N2O5S/c1-13-9-21(26)30-20-11-17(7-8-18(13)20)29-14(2)22(27)25-23-24-19(12-31-23)15-5-4-6-16(10-15)28-3/h4-12,14H,1-3H3,(H,24,25,27)/t14-/m0/s1. The molecule has 1 amide bonds. The normalized spacial score (nSPS) is 11.8. The van der Waals surface area contributed by atoms with E-state index < -0.39 is 11.7 Å². The van der Waals surface area contributed by atoms with Gasteiger partial charge in [-0.1, -0.05) is 12.1 Å². The minimum atomic E-state index is -0.779. The van der Waals surface area contributed by atoms with Gasteiger partial charge in [-0.25, -0.2) is 9.78 Å². The smallest absolute Gasteiger partial charge is 0.336 e. The predicted molar refractivity (Wildman–Crippen MR) is 120 cm³/mol. The number of nitrogens with zero attached hydrogens (tertiary/aromatic N) is 1. The molecule has 0 saturated carbocycles. The second-order valence-electron chi connectivity index (χ2n) is 6.93. The average molecular weight is 436 g/mol. The number of anilines is 1. The summed E-state index contributed by atoms with van der Waals surface area (Å²) >= 11 is 1.33. The van der Waals surface area contributed by atoms with Crippen molar-refractivity contribution in [2.75, 3.05) is 12.4 Å². The fourth-order valence-corrected chi connectivity index (χ4v) is 3.81. The zero-order valence-electron chi connectivity index (χ0n) is 17.2. The highest BCUT2D eigenvalue weighted by molar-refractivity contribution is 7.14. The molecule has 0 aliphatic rings. The summed E-state index contributed by atoms with van der Waals surface area (Å²) in [6.45, 7) is 3.48. The minimum absolute atomic E-state index is 0.336. The number of fused-ring (bicyclic) bond motifs is 1. The molecule has 0 saturated heterocycles.